The van der Waals surface area contributed by atoms with Gasteiger partial charge in [-0.05, 0) is 30.3 Å². The smallest absolute Gasteiger partial charge is 0.433 e. The van der Waals surface area contributed by atoms with E-state index in [1.54, 1.807) is 31.4 Å². The minimum atomic E-state index is -0.639. The van der Waals surface area contributed by atoms with E-state index in [2.05, 4.69) is 0 Å². The zero-order valence-electron chi connectivity index (χ0n) is 12.3. The lowest BCUT2D eigenvalue weighted by molar-refractivity contribution is -0.402. The number of furan rings is 1. The quantitative estimate of drug-likeness (QED) is 0.355. The maximum atomic E-state index is 12.6. The number of nitrogens with zero attached hydrogens (tertiary/aromatic N) is 2. The predicted octanol–water partition coefficient (Wildman–Crippen LogP) is 3.60. The zero-order valence-corrected chi connectivity index (χ0v) is 13.9. The molecule has 0 saturated carbocycles. The number of rotatable bonds is 4. The lowest BCUT2D eigenvalue weighted by atomic mass is 10.2. The molecule has 1 aliphatic rings. The number of thiocarbonyl (C=S) groups is 1. The standard InChI is InChI=1S/C15H10N2O5S2/c1-21-10-4-2-9(3-5-10)16-14(18)12(24-15(16)23)8-11-6-7-13(22-11)17(19)20/h2-8H,1H3/b12-8-. The molecule has 24 heavy (non-hydrogen) atoms. The third-order valence-corrected chi connectivity index (χ3v) is 4.49. The number of benzene rings is 1. The van der Waals surface area contributed by atoms with E-state index < -0.39 is 4.92 Å². The number of hydrogen-bond donors (Lipinski definition) is 0. The van der Waals surface area contributed by atoms with Crippen LogP contribution in [0.5, 0.6) is 5.75 Å². The van der Waals surface area contributed by atoms with Crippen molar-refractivity contribution in [3.63, 3.8) is 0 Å². The van der Waals surface area contributed by atoms with Crippen LogP contribution in [-0.4, -0.2) is 22.3 Å². The van der Waals surface area contributed by atoms with Crippen molar-refractivity contribution in [1.29, 1.82) is 0 Å². The summed E-state index contributed by atoms with van der Waals surface area (Å²) >= 11 is 6.36. The van der Waals surface area contributed by atoms with Crippen molar-refractivity contribution in [3.8, 4) is 5.75 Å². The maximum Gasteiger partial charge on any atom is 0.433 e. The summed E-state index contributed by atoms with van der Waals surface area (Å²) in [4.78, 5) is 24.3. The Morgan fingerprint density at radius 3 is 2.58 bits per heavy atom. The first-order chi connectivity index (χ1) is 11.5. The van der Waals surface area contributed by atoms with E-state index in [0.29, 0.717) is 20.7 Å². The van der Waals surface area contributed by atoms with Gasteiger partial charge in [0, 0.05) is 6.08 Å². The normalized spacial score (nSPS) is 16.0. The van der Waals surface area contributed by atoms with Gasteiger partial charge in [-0.25, -0.2) is 0 Å². The van der Waals surface area contributed by atoms with Crippen molar-refractivity contribution in [2.24, 2.45) is 0 Å². The minimum Gasteiger partial charge on any atom is -0.497 e. The average molecular weight is 362 g/mol. The molecule has 7 nitrogen and oxygen atoms in total. The fourth-order valence-electron chi connectivity index (χ4n) is 2.07. The Balaban J connectivity index is 1.87. The molecule has 0 atom stereocenters. The number of amides is 1. The fraction of sp³-hybridized carbons (Fsp3) is 0.0667. The van der Waals surface area contributed by atoms with Gasteiger partial charge in [-0.1, -0.05) is 24.0 Å². The van der Waals surface area contributed by atoms with Crippen LogP contribution in [0.1, 0.15) is 5.76 Å². The van der Waals surface area contributed by atoms with E-state index in [4.69, 9.17) is 21.4 Å². The number of nitro groups is 1. The average Bonchev–Trinajstić information content (AvgIpc) is 3.13. The topological polar surface area (TPSA) is 85.8 Å². The van der Waals surface area contributed by atoms with Crippen LogP contribution in [0.2, 0.25) is 0 Å². The van der Waals surface area contributed by atoms with Gasteiger partial charge in [0.25, 0.3) is 5.91 Å². The zero-order chi connectivity index (χ0) is 17.3. The van der Waals surface area contributed by atoms with Gasteiger partial charge in [-0.3, -0.25) is 19.8 Å². The number of ether oxygens (including phenoxy) is 1. The highest BCUT2D eigenvalue weighted by Crippen LogP contribution is 2.36. The molecule has 122 valence electrons. The summed E-state index contributed by atoms with van der Waals surface area (Å²) in [5.74, 6) is 0.195. The molecule has 9 heteroatoms. The highest BCUT2D eigenvalue weighted by atomic mass is 32.2. The predicted molar refractivity (Wildman–Crippen MR) is 94.0 cm³/mol. The van der Waals surface area contributed by atoms with Gasteiger partial charge < -0.3 is 9.15 Å². The summed E-state index contributed by atoms with van der Waals surface area (Å²) in [7, 11) is 1.56. The van der Waals surface area contributed by atoms with Gasteiger partial charge >= 0.3 is 5.88 Å². The van der Waals surface area contributed by atoms with Crippen molar-refractivity contribution < 1.29 is 18.9 Å². The molecule has 1 fully saturated rings. The number of thioether (sulfide) groups is 1. The van der Waals surface area contributed by atoms with Gasteiger partial charge in [0.15, 0.2) is 4.32 Å². The third-order valence-electron chi connectivity index (χ3n) is 3.19. The van der Waals surface area contributed by atoms with Crippen molar-refractivity contribution in [3.05, 3.63) is 57.2 Å². The van der Waals surface area contributed by atoms with Gasteiger partial charge in [-0.2, -0.15) is 0 Å². The second-order valence-corrected chi connectivity index (χ2v) is 6.32. The van der Waals surface area contributed by atoms with Crippen LogP contribution >= 0.6 is 24.0 Å². The molecule has 2 heterocycles. The summed E-state index contributed by atoms with van der Waals surface area (Å²) in [5.41, 5.74) is 0.618. The van der Waals surface area contributed by atoms with Gasteiger partial charge in [-0.15, -0.1) is 0 Å². The first-order valence-electron chi connectivity index (χ1n) is 6.66. The molecule has 0 aliphatic carbocycles. The Hall–Kier alpha value is -2.65. The molecule has 2 aromatic rings. The van der Waals surface area contributed by atoms with Crippen LogP contribution in [0.15, 0.2) is 45.7 Å². The molecule has 0 unspecified atom stereocenters. The molecule has 0 bridgehead atoms. The highest BCUT2D eigenvalue weighted by molar-refractivity contribution is 8.27. The van der Waals surface area contributed by atoms with Crippen LogP contribution < -0.4 is 9.64 Å². The summed E-state index contributed by atoms with van der Waals surface area (Å²) in [6.07, 6.45) is 1.44. The van der Waals surface area contributed by atoms with Gasteiger partial charge in [0.2, 0.25) is 0 Å². The van der Waals surface area contributed by atoms with E-state index in [0.717, 1.165) is 11.8 Å². The molecule has 1 aliphatic heterocycles. The Labute approximate surface area is 146 Å². The summed E-state index contributed by atoms with van der Waals surface area (Å²) in [5, 5.41) is 10.6. The first kappa shape index (κ1) is 16.2. The number of hydrogen-bond acceptors (Lipinski definition) is 7. The van der Waals surface area contributed by atoms with E-state index in [-0.39, 0.29) is 17.6 Å². The Bertz CT molecular complexity index is 857. The molecule has 0 spiro atoms. The first-order valence-corrected chi connectivity index (χ1v) is 7.88. The summed E-state index contributed by atoms with van der Waals surface area (Å²) in [6, 6.07) is 9.57. The van der Waals surface area contributed by atoms with E-state index in [1.165, 1.54) is 23.1 Å². The summed E-state index contributed by atoms with van der Waals surface area (Å²) < 4.78 is 10.5. The van der Waals surface area contributed by atoms with Crippen LogP contribution in [0, 0.1) is 10.1 Å². The molecule has 1 aromatic heterocycles. The maximum absolute atomic E-state index is 12.6. The second kappa shape index (κ2) is 6.46. The SMILES string of the molecule is COc1ccc(N2C(=O)/C(=C/c3ccc([N+](=O)[O-])o3)SC2=S)cc1. The monoisotopic (exact) mass is 362 g/mol. The molecule has 1 aromatic carbocycles. The van der Waals surface area contributed by atoms with E-state index >= 15 is 0 Å². The number of anilines is 1. The number of carbonyl (C=O) groups is 1. The Kier molecular flexibility index (Phi) is 4.36. The van der Waals surface area contributed by atoms with Gasteiger partial charge in [0.05, 0.1) is 23.8 Å². The minimum absolute atomic E-state index is 0.219. The van der Waals surface area contributed by atoms with E-state index in [1.807, 2.05) is 0 Å². The second-order valence-electron chi connectivity index (χ2n) is 4.65. The van der Waals surface area contributed by atoms with Crippen molar-refractivity contribution >= 4 is 51.9 Å². The largest absolute Gasteiger partial charge is 0.497 e. The molecule has 1 saturated heterocycles. The van der Waals surface area contributed by atoms with Crippen LogP contribution in [0.4, 0.5) is 11.6 Å². The number of carbonyl (C=O) groups excluding carboxylic acids is 1. The number of methoxy groups -OCH3 is 1. The Morgan fingerprint density at radius 2 is 2.00 bits per heavy atom. The van der Waals surface area contributed by atoms with Gasteiger partial charge in [0.1, 0.15) is 16.4 Å². The summed E-state index contributed by atoms with van der Waals surface area (Å²) in [6.45, 7) is 0. The molecule has 0 radical (unpaired) electrons. The molecule has 3 rings (SSSR count). The molecule has 1 amide bonds. The molecular weight excluding hydrogens is 352 g/mol. The lowest BCUT2D eigenvalue weighted by Crippen LogP contribution is -2.27. The van der Waals surface area contributed by atoms with Crippen LogP contribution in [-0.2, 0) is 4.79 Å². The van der Waals surface area contributed by atoms with Crippen molar-refractivity contribution in [2.45, 2.75) is 0 Å². The fourth-order valence-corrected chi connectivity index (χ4v) is 3.35. The molecular formula is C15H10N2O5S2. The molecule has 0 N–H and O–H groups in total. The van der Waals surface area contributed by atoms with Crippen LogP contribution in [0.3, 0.4) is 0 Å². The third kappa shape index (κ3) is 3.03. The Morgan fingerprint density at radius 1 is 1.29 bits per heavy atom. The van der Waals surface area contributed by atoms with Crippen molar-refractivity contribution in [1.82, 2.24) is 0 Å². The lowest BCUT2D eigenvalue weighted by Gasteiger charge is -2.14. The van der Waals surface area contributed by atoms with Crippen LogP contribution in [0.25, 0.3) is 6.08 Å². The van der Waals surface area contributed by atoms with E-state index in [9.17, 15) is 14.9 Å². The highest BCUT2D eigenvalue weighted by Gasteiger charge is 2.33. The van der Waals surface area contributed by atoms with Crippen molar-refractivity contribution in [2.75, 3.05) is 12.0 Å².